The highest BCUT2D eigenvalue weighted by atomic mass is 35.5. The molecule has 0 aliphatic carbocycles. The van der Waals surface area contributed by atoms with Crippen molar-refractivity contribution in [1.82, 2.24) is 20.2 Å². The van der Waals surface area contributed by atoms with Crippen molar-refractivity contribution >= 4 is 40.5 Å². The van der Waals surface area contributed by atoms with E-state index >= 15 is 0 Å². The minimum absolute atomic E-state index is 0.0595. The van der Waals surface area contributed by atoms with Gasteiger partial charge in [0.15, 0.2) is 5.78 Å². The fraction of sp³-hybridized carbons (Fsp3) is 0.0769. The van der Waals surface area contributed by atoms with Crippen molar-refractivity contribution in [3.63, 3.8) is 0 Å². The second-order valence-electron chi connectivity index (χ2n) is 4.17. The summed E-state index contributed by atoms with van der Waals surface area (Å²) in [6.07, 6.45) is 0. The molecule has 0 amide bonds. The van der Waals surface area contributed by atoms with Crippen LogP contribution in [0.5, 0.6) is 0 Å². The zero-order chi connectivity index (χ0) is 15.5. The third-order valence-electron chi connectivity index (χ3n) is 2.67. The van der Waals surface area contributed by atoms with Crippen LogP contribution in [-0.4, -0.2) is 31.7 Å². The highest BCUT2D eigenvalue weighted by Gasteiger charge is 2.14. The molecule has 0 spiro atoms. The van der Waals surface area contributed by atoms with E-state index in [-0.39, 0.29) is 17.4 Å². The van der Waals surface area contributed by atoms with Gasteiger partial charge in [-0.15, -0.1) is 16.4 Å². The lowest BCUT2D eigenvalue weighted by atomic mass is 10.3. The van der Waals surface area contributed by atoms with E-state index in [4.69, 9.17) is 11.6 Å². The summed E-state index contributed by atoms with van der Waals surface area (Å²) in [5.41, 5.74) is 0.499. The van der Waals surface area contributed by atoms with Crippen LogP contribution in [0.25, 0.3) is 5.69 Å². The molecular formula is C13H8ClFN4OS2. The number of carbonyl (C=O) groups excluding carboxylic acids is 1. The van der Waals surface area contributed by atoms with E-state index in [1.807, 2.05) is 0 Å². The Morgan fingerprint density at radius 2 is 2.23 bits per heavy atom. The molecule has 5 nitrogen and oxygen atoms in total. The van der Waals surface area contributed by atoms with Crippen molar-refractivity contribution < 1.29 is 9.18 Å². The normalized spacial score (nSPS) is 10.8. The number of halogens is 2. The summed E-state index contributed by atoms with van der Waals surface area (Å²) >= 11 is 8.23. The summed E-state index contributed by atoms with van der Waals surface area (Å²) in [6.45, 7) is 0. The number of hydrogen-bond donors (Lipinski definition) is 0. The third kappa shape index (κ3) is 3.34. The summed E-state index contributed by atoms with van der Waals surface area (Å²) in [7, 11) is 0. The molecule has 0 radical (unpaired) electrons. The van der Waals surface area contributed by atoms with Crippen LogP contribution in [0.15, 0.2) is 41.6 Å². The Balaban J connectivity index is 1.74. The molecule has 0 atom stereocenters. The number of benzene rings is 1. The summed E-state index contributed by atoms with van der Waals surface area (Å²) in [5, 5.41) is 11.7. The summed E-state index contributed by atoms with van der Waals surface area (Å²) in [4.78, 5) is 12.6. The quantitative estimate of drug-likeness (QED) is 0.518. The first-order chi connectivity index (χ1) is 10.6. The maximum atomic E-state index is 13.3. The van der Waals surface area contributed by atoms with Crippen LogP contribution in [0, 0.1) is 5.82 Å². The minimum atomic E-state index is -0.381. The van der Waals surface area contributed by atoms with Crippen LogP contribution < -0.4 is 0 Å². The second kappa shape index (κ2) is 6.55. The molecule has 0 saturated carbocycles. The van der Waals surface area contributed by atoms with Crippen molar-refractivity contribution in [3.05, 3.63) is 51.4 Å². The van der Waals surface area contributed by atoms with Crippen molar-refractivity contribution in [3.8, 4) is 5.69 Å². The maximum Gasteiger partial charge on any atom is 0.214 e. The van der Waals surface area contributed by atoms with Crippen LogP contribution in [0.3, 0.4) is 0 Å². The largest absolute Gasteiger partial charge is 0.292 e. The predicted octanol–water partition coefficient (Wildman–Crippen LogP) is 3.49. The number of nitrogens with zero attached hydrogens (tertiary/aromatic N) is 4. The van der Waals surface area contributed by atoms with E-state index in [0.29, 0.717) is 20.1 Å². The topological polar surface area (TPSA) is 60.7 Å². The molecule has 0 aliphatic heterocycles. The molecule has 3 rings (SSSR count). The molecule has 0 aliphatic rings. The average Bonchev–Trinajstić information content (AvgIpc) is 3.13. The predicted molar refractivity (Wildman–Crippen MR) is 83.5 cm³/mol. The van der Waals surface area contributed by atoms with Gasteiger partial charge in [-0.3, -0.25) is 4.79 Å². The first kappa shape index (κ1) is 15.1. The third-order valence-corrected chi connectivity index (χ3v) is 4.87. The Labute approximate surface area is 138 Å². The molecule has 0 unspecified atom stereocenters. The fourth-order valence-corrected chi connectivity index (χ4v) is 3.55. The van der Waals surface area contributed by atoms with E-state index < -0.39 is 0 Å². The number of carbonyl (C=O) groups is 1. The molecule has 0 bridgehead atoms. The van der Waals surface area contributed by atoms with E-state index in [2.05, 4.69) is 15.5 Å². The summed E-state index contributed by atoms with van der Waals surface area (Å²) < 4.78 is 15.2. The Bertz CT molecular complexity index is 820. The summed E-state index contributed by atoms with van der Waals surface area (Å²) in [5.74, 6) is -0.268. The minimum Gasteiger partial charge on any atom is -0.292 e. The Morgan fingerprint density at radius 3 is 2.95 bits per heavy atom. The number of thiophene rings is 1. The maximum absolute atomic E-state index is 13.3. The van der Waals surface area contributed by atoms with Gasteiger partial charge in [0.2, 0.25) is 5.16 Å². The number of aromatic nitrogens is 4. The first-order valence-corrected chi connectivity index (χ1v) is 8.27. The van der Waals surface area contributed by atoms with Crippen molar-refractivity contribution in [2.45, 2.75) is 5.16 Å². The van der Waals surface area contributed by atoms with E-state index in [1.54, 1.807) is 24.3 Å². The lowest BCUT2D eigenvalue weighted by molar-refractivity contribution is 0.102. The smallest absolute Gasteiger partial charge is 0.214 e. The average molecular weight is 355 g/mol. The van der Waals surface area contributed by atoms with Crippen LogP contribution in [0.2, 0.25) is 4.34 Å². The van der Waals surface area contributed by atoms with Crippen molar-refractivity contribution in [2.24, 2.45) is 0 Å². The molecule has 1 aromatic carbocycles. The Hall–Kier alpha value is -1.77. The van der Waals surface area contributed by atoms with Gasteiger partial charge < -0.3 is 0 Å². The molecule has 2 aromatic heterocycles. The molecule has 112 valence electrons. The molecular weight excluding hydrogens is 347 g/mol. The van der Waals surface area contributed by atoms with Gasteiger partial charge >= 0.3 is 0 Å². The first-order valence-electron chi connectivity index (χ1n) is 6.09. The van der Waals surface area contributed by atoms with Crippen LogP contribution in [0.1, 0.15) is 9.67 Å². The number of ketones is 1. The Kier molecular flexibility index (Phi) is 4.51. The number of tetrazole rings is 1. The monoisotopic (exact) mass is 354 g/mol. The number of Topliss-reactive ketones (excluding diaryl/α,β-unsaturated/α-hetero) is 1. The fourth-order valence-electron chi connectivity index (χ4n) is 1.70. The number of thioether (sulfide) groups is 1. The van der Waals surface area contributed by atoms with Gasteiger partial charge in [-0.05, 0) is 40.8 Å². The van der Waals surface area contributed by atoms with Crippen LogP contribution >= 0.6 is 34.7 Å². The van der Waals surface area contributed by atoms with Gasteiger partial charge in [-0.2, -0.15) is 4.68 Å². The van der Waals surface area contributed by atoms with E-state index in [0.717, 1.165) is 0 Å². The molecule has 9 heteroatoms. The highest BCUT2D eigenvalue weighted by molar-refractivity contribution is 7.99. The second-order valence-corrected chi connectivity index (χ2v) is 6.83. The van der Waals surface area contributed by atoms with Gasteiger partial charge in [-0.1, -0.05) is 29.4 Å². The lowest BCUT2D eigenvalue weighted by Crippen LogP contribution is -2.03. The molecule has 22 heavy (non-hydrogen) atoms. The van der Waals surface area contributed by atoms with Gasteiger partial charge in [0.05, 0.1) is 20.7 Å². The van der Waals surface area contributed by atoms with E-state index in [1.165, 1.54) is 39.9 Å². The SMILES string of the molecule is O=C(CSc1nnnn1-c1cccc(F)c1)c1ccc(Cl)s1. The van der Waals surface area contributed by atoms with Gasteiger partial charge in [-0.25, -0.2) is 4.39 Å². The zero-order valence-corrected chi connectivity index (χ0v) is 13.3. The van der Waals surface area contributed by atoms with Crippen molar-refractivity contribution in [1.29, 1.82) is 0 Å². The molecule has 0 N–H and O–H groups in total. The van der Waals surface area contributed by atoms with Crippen LogP contribution in [-0.2, 0) is 0 Å². The van der Waals surface area contributed by atoms with Gasteiger partial charge in [0, 0.05) is 0 Å². The van der Waals surface area contributed by atoms with Gasteiger partial charge in [0.25, 0.3) is 0 Å². The Morgan fingerprint density at radius 1 is 1.36 bits per heavy atom. The molecule has 0 saturated heterocycles. The lowest BCUT2D eigenvalue weighted by Gasteiger charge is -2.03. The van der Waals surface area contributed by atoms with Crippen molar-refractivity contribution in [2.75, 3.05) is 5.75 Å². The summed E-state index contributed by atoms with van der Waals surface area (Å²) in [6, 6.07) is 9.28. The van der Waals surface area contributed by atoms with Crippen LogP contribution in [0.4, 0.5) is 4.39 Å². The molecule has 2 heterocycles. The molecule has 3 aromatic rings. The molecule has 0 fully saturated rings. The van der Waals surface area contributed by atoms with Gasteiger partial charge in [0.1, 0.15) is 5.82 Å². The zero-order valence-electron chi connectivity index (χ0n) is 10.9. The standard InChI is InChI=1S/C13H8ClFN4OS2/c14-12-5-4-11(22-12)10(20)7-21-13-16-17-18-19(13)9-3-1-2-8(15)6-9/h1-6H,7H2. The van der Waals surface area contributed by atoms with E-state index in [9.17, 15) is 9.18 Å². The highest BCUT2D eigenvalue weighted by Crippen LogP contribution is 2.25. The number of hydrogen-bond acceptors (Lipinski definition) is 6. The number of rotatable bonds is 5.